The van der Waals surface area contributed by atoms with Crippen molar-refractivity contribution in [1.82, 2.24) is 4.90 Å². The van der Waals surface area contributed by atoms with Crippen LogP contribution in [0, 0.1) is 5.92 Å². The average Bonchev–Trinajstić information content (AvgIpc) is 2.66. The molecular weight excluding hydrogens is 302 g/mol. The van der Waals surface area contributed by atoms with Gasteiger partial charge in [0.1, 0.15) is 18.8 Å². The first kappa shape index (κ1) is 17.3. The van der Waals surface area contributed by atoms with Gasteiger partial charge < -0.3 is 14.2 Å². The van der Waals surface area contributed by atoms with E-state index in [2.05, 4.69) is 23.1 Å². The fourth-order valence-electron chi connectivity index (χ4n) is 3.81. The van der Waals surface area contributed by atoms with Crippen LogP contribution in [0.1, 0.15) is 38.5 Å². The van der Waals surface area contributed by atoms with E-state index >= 15 is 0 Å². The molecule has 4 heteroatoms. The predicted molar refractivity (Wildman–Crippen MR) is 95.0 cm³/mol. The SMILES string of the molecule is COCCC1CCCN(C(CC2=CC=CCC2)C2=COC=CO2)C1. The van der Waals surface area contributed by atoms with Crippen LogP contribution in [-0.2, 0) is 14.2 Å². The molecule has 2 unspecified atom stereocenters. The van der Waals surface area contributed by atoms with E-state index in [1.807, 2.05) is 0 Å². The second-order valence-electron chi connectivity index (χ2n) is 6.84. The Kier molecular flexibility index (Phi) is 6.56. The highest BCUT2D eigenvalue weighted by Crippen LogP contribution is 2.30. The van der Waals surface area contributed by atoms with Gasteiger partial charge in [-0.1, -0.05) is 23.8 Å². The minimum absolute atomic E-state index is 0.262. The highest BCUT2D eigenvalue weighted by molar-refractivity contribution is 5.21. The first-order valence-corrected chi connectivity index (χ1v) is 9.11. The maximum Gasteiger partial charge on any atom is 0.156 e. The molecular formula is C20H29NO3. The number of rotatable bonds is 7. The largest absolute Gasteiger partial charge is 0.466 e. The molecule has 3 rings (SSSR count). The number of ether oxygens (including phenoxy) is 3. The van der Waals surface area contributed by atoms with Gasteiger partial charge in [-0.05, 0) is 51.0 Å². The smallest absolute Gasteiger partial charge is 0.156 e. The molecule has 0 spiro atoms. The molecule has 0 bridgehead atoms. The standard InChI is InChI=1S/C20H29NO3/c1-22-11-9-18-8-5-10-21(15-18)19(20-16-23-12-13-24-20)14-17-6-3-2-4-7-17/h2-3,6,12-13,16,18-19H,4-5,7-11,14-15H2,1H3. The number of hydrogen-bond donors (Lipinski definition) is 0. The number of hydrogen-bond acceptors (Lipinski definition) is 4. The normalized spacial score (nSPS) is 25.5. The van der Waals surface area contributed by atoms with Crippen LogP contribution in [0.5, 0.6) is 0 Å². The minimum Gasteiger partial charge on any atom is -0.466 e. The molecule has 0 aromatic rings. The zero-order chi connectivity index (χ0) is 16.6. The Morgan fingerprint density at radius 2 is 2.33 bits per heavy atom. The lowest BCUT2D eigenvalue weighted by atomic mass is 9.91. The van der Waals surface area contributed by atoms with Crippen LogP contribution in [-0.4, -0.2) is 37.7 Å². The van der Waals surface area contributed by atoms with Gasteiger partial charge in [0, 0.05) is 20.3 Å². The van der Waals surface area contributed by atoms with Crippen LogP contribution in [0.2, 0.25) is 0 Å². The molecule has 24 heavy (non-hydrogen) atoms. The van der Waals surface area contributed by atoms with Gasteiger partial charge in [0.2, 0.25) is 0 Å². The summed E-state index contributed by atoms with van der Waals surface area (Å²) in [5.41, 5.74) is 1.50. The van der Waals surface area contributed by atoms with Crippen molar-refractivity contribution in [3.05, 3.63) is 48.3 Å². The van der Waals surface area contributed by atoms with Gasteiger partial charge in [0.05, 0.1) is 6.04 Å². The van der Waals surface area contributed by atoms with Crippen LogP contribution < -0.4 is 0 Å². The Labute approximate surface area is 145 Å². The summed E-state index contributed by atoms with van der Waals surface area (Å²) in [7, 11) is 1.79. The van der Waals surface area contributed by atoms with Crippen LogP contribution in [0.25, 0.3) is 0 Å². The molecule has 2 heterocycles. The van der Waals surface area contributed by atoms with Crippen LogP contribution in [0.15, 0.2) is 48.3 Å². The molecule has 0 aromatic heterocycles. The van der Waals surface area contributed by atoms with Crippen molar-refractivity contribution in [2.45, 2.75) is 44.6 Å². The zero-order valence-corrected chi connectivity index (χ0v) is 14.7. The van der Waals surface area contributed by atoms with E-state index in [4.69, 9.17) is 14.2 Å². The summed E-state index contributed by atoms with van der Waals surface area (Å²) >= 11 is 0. The van der Waals surface area contributed by atoms with E-state index in [0.717, 1.165) is 51.1 Å². The Hall–Kier alpha value is -1.52. The maximum absolute atomic E-state index is 5.80. The molecule has 0 radical (unpaired) electrons. The average molecular weight is 331 g/mol. The molecule has 0 saturated carbocycles. The van der Waals surface area contributed by atoms with Crippen LogP contribution >= 0.6 is 0 Å². The first-order chi connectivity index (χ1) is 11.9. The molecule has 0 amide bonds. The Morgan fingerprint density at radius 3 is 3.08 bits per heavy atom. The van der Waals surface area contributed by atoms with Gasteiger partial charge in [0.15, 0.2) is 5.76 Å². The summed E-state index contributed by atoms with van der Waals surface area (Å²) in [6.07, 6.45) is 18.7. The fourth-order valence-corrected chi connectivity index (χ4v) is 3.81. The number of nitrogens with zero attached hydrogens (tertiary/aromatic N) is 1. The summed E-state index contributed by atoms with van der Waals surface area (Å²) < 4.78 is 16.5. The molecule has 0 N–H and O–H groups in total. The molecule has 132 valence electrons. The molecule has 1 fully saturated rings. The van der Waals surface area contributed by atoms with Gasteiger partial charge in [-0.2, -0.15) is 0 Å². The maximum atomic E-state index is 5.80. The molecule has 0 aromatic carbocycles. The van der Waals surface area contributed by atoms with Gasteiger partial charge in [-0.3, -0.25) is 4.90 Å². The topological polar surface area (TPSA) is 30.9 Å². The molecule has 1 aliphatic carbocycles. The fraction of sp³-hybridized carbons (Fsp3) is 0.600. The lowest BCUT2D eigenvalue weighted by Gasteiger charge is -2.39. The third kappa shape index (κ3) is 4.74. The van der Waals surface area contributed by atoms with Crippen LogP contribution in [0.4, 0.5) is 0 Å². The molecule has 3 aliphatic rings. The van der Waals surface area contributed by atoms with Crippen molar-refractivity contribution in [3.63, 3.8) is 0 Å². The molecule has 1 saturated heterocycles. The number of piperidine rings is 1. The highest BCUT2D eigenvalue weighted by Gasteiger charge is 2.30. The Morgan fingerprint density at radius 1 is 1.38 bits per heavy atom. The molecule has 4 nitrogen and oxygen atoms in total. The first-order valence-electron chi connectivity index (χ1n) is 9.11. The van der Waals surface area contributed by atoms with Crippen molar-refractivity contribution in [2.24, 2.45) is 5.92 Å². The lowest BCUT2D eigenvalue weighted by molar-refractivity contribution is 0.0831. The van der Waals surface area contributed by atoms with Crippen molar-refractivity contribution < 1.29 is 14.2 Å². The van der Waals surface area contributed by atoms with Crippen molar-refractivity contribution in [2.75, 3.05) is 26.8 Å². The van der Waals surface area contributed by atoms with E-state index in [-0.39, 0.29) is 6.04 Å². The summed E-state index contributed by atoms with van der Waals surface area (Å²) in [5.74, 6) is 1.64. The van der Waals surface area contributed by atoms with E-state index in [9.17, 15) is 0 Å². The third-order valence-electron chi connectivity index (χ3n) is 5.13. The van der Waals surface area contributed by atoms with Gasteiger partial charge in [-0.15, -0.1) is 0 Å². The summed E-state index contributed by atoms with van der Waals surface area (Å²) in [6, 6.07) is 0.262. The summed E-state index contributed by atoms with van der Waals surface area (Å²) in [6.45, 7) is 3.09. The number of likely N-dealkylation sites (tertiary alicyclic amines) is 1. The van der Waals surface area contributed by atoms with Gasteiger partial charge >= 0.3 is 0 Å². The van der Waals surface area contributed by atoms with Crippen molar-refractivity contribution in [3.8, 4) is 0 Å². The van der Waals surface area contributed by atoms with Crippen LogP contribution in [0.3, 0.4) is 0 Å². The van der Waals surface area contributed by atoms with Crippen molar-refractivity contribution in [1.29, 1.82) is 0 Å². The summed E-state index contributed by atoms with van der Waals surface area (Å²) in [5, 5.41) is 0. The van der Waals surface area contributed by atoms with E-state index in [1.54, 1.807) is 25.9 Å². The zero-order valence-electron chi connectivity index (χ0n) is 14.7. The van der Waals surface area contributed by atoms with Gasteiger partial charge in [-0.25, -0.2) is 0 Å². The van der Waals surface area contributed by atoms with Gasteiger partial charge in [0.25, 0.3) is 0 Å². The van der Waals surface area contributed by atoms with E-state index < -0.39 is 0 Å². The van der Waals surface area contributed by atoms with E-state index in [0.29, 0.717) is 5.92 Å². The monoisotopic (exact) mass is 331 g/mol. The van der Waals surface area contributed by atoms with E-state index in [1.165, 1.54) is 18.4 Å². The third-order valence-corrected chi connectivity index (χ3v) is 5.13. The Balaban J connectivity index is 1.69. The molecule has 2 aliphatic heterocycles. The lowest BCUT2D eigenvalue weighted by Crippen LogP contribution is -2.44. The quantitative estimate of drug-likeness (QED) is 0.702. The number of methoxy groups -OCH3 is 1. The Bertz CT molecular complexity index is 521. The second kappa shape index (κ2) is 9.09. The van der Waals surface area contributed by atoms with Crippen molar-refractivity contribution >= 4 is 0 Å². The predicted octanol–water partition coefficient (Wildman–Crippen LogP) is 4.13. The highest BCUT2D eigenvalue weighted by atomic mass is 16.5. The number of allylic oxidation sites excluding steroid dienone is 3. The molecule has 2 atom stereocenters. The summed E-state index contributed by atoms with van der Waals surface area (Å²) in [4.78, 5) is 2.58. The second-order valence-corrected chi connectivity index (χ2v) is 6.84. The minimum atomic E-state index is 0.262.